The van der Waals surface area contributed by atoms with E-state index in [-0.39, 0.29) is 65.0 Å². The van der Waals surface area contributed by atoms with E-state index in [4.69, 9.17) is 0 Å². The van der Waals surface area contributed by atoms with Gasteiger partial charge in [-0.05, 0) is 0 Å². The maximum absolute atomic E-state index is 2.86. The topological polar surface area (TPSA) is 0 Å². The molecular weight excluding hydrogens is 1020 g/mol. The van der Waals surface area contributed by atoms with Crippen molar-refractivity contribution in [3.05, 3.63) is 115 Å². The van der Waals surface area contributed by atoms with Gasteiger partial charge in [0.25, 0.3) is 0 Å². The maximum atomic E-state index is 2.73. The van der Waals surface area contributed by atoms with Crippen molar-refractivity contribution in [2.45, 2.75) is 318 Å². The monoisotopic (exact) mass is 1140 g/mol. The molecule has 0 saturated heterocycles. The Morgan fingerprint density at radius 2 is 0.293 bits per heavy atom. The standard InChI is InChI=1S/C73H118Ge2/c1-62(2,3)46-37-50(66(13,14)15)58(51(38-46)67(16,17)18)74(59-52(68(19,20)21)39-47(63(4,5)6)40-53(59)69(22,23)24)45-75(60-54(70(25,26)27)41-48(64(7,8)9)42-55(60)71(28,29)30)61-56(72(31,32)33)43-49(65(10,11)12)44-57(61)73(34,35)36/h37-44H,45H2,1-36H3. The van der Waals surface area contributed by atoms with Gasteiger partial charge < -0.3 is 0 Å². The van der Waals surface area contributed by atoms with Gasteiger partial charge in [0.15, 0.2) is 0 Å². The van der Waals surface area contributed by atoms with E-state index < -0.39 is 28.7 Å². The van der Waals surface area contributed by atoms with Gasteiger partial charge in [-0.3, -0.25) is 0 Å². The van der Waals surface area contributed by atoms with Crippen molar-refractivity contribution in [1.82, 2.24) is 0 Å². The summed E-state index contributed by atoms with van der Waals surface area (Å²) < 4.78 is 8.29. The summed E-state index contributed by atoms with van der Waals surface area (Å²) in [6, 6.07) is 21.8. The van der Waals surface area contributed by atoms with Crippen LogP contribution in [0.2, 0.25) is 4.09 Å². The Balaban J connectivity index is 2.76. The average molecular weight is 1140 g/mol. The van der Waals surface area contributed by atoms with Gasteiger partial charge in [-0.2, -0.15) is 0 Å². The molecule has 0 aliphatic carbocycles. The summed E-state index contributed by atoms with van der Waals surface area (Å²) in [7, 11) is 0. The number of hydrogen-bond acceptors (Lipinski definition) is 0. The molecule has 0 aliphatic heterocycles. The Hall–Kier alpha value is -2.03. The van der Waals surface area contributed by atoms with Crippen LogP contribution in [0.1, 0.15) is 316 Å². The summed E-state index contributed by atoms with van der Waals surface area (Å²) in [5.74, 6) is 0. The van der Waals surface area contributed by atoms with Gasteiger partial charge >= 0.3 is 480 Å². The molecule has 0 saturated carbocycles. The molecule has 2 heteroatoms. The van der Waals surface area contributed by atoms with E-state index in [9.17, 15) is 0 Å². The Kier molecular flexibility index (Phi) is 17.9. The van der Waals surface area contributed by atoms with E-state index in [1.807, 2.05) is 0 Å². The van der Waals surface area contributed by atoms with Crippen LogP contribution >= 0.6 is 0 Å². The van der Waals surface area contributed by atoms with Crippen LogP contribution in [0.15, 0.2) is 48.5 Å². The molecule has 0 fully saturated rings. The molecule has 0 aromatic heterocycles. The summed E-state index contributed by atoms with van der Waals surface area (Å²) in [4.78, 5) is 0. The summed E-state index contributed by atoms with van der Waals surface area (Å²) in [5, 5.41) is 0. The molecular formula is C73H118Ge2. The van der Waals surface area contributed by atoms with E-state index in [0.717, 1.165) is 0 Å². The zero-order valence-electron chi connectivity index (χ0n) is 56.3. The van der Waals surface area contributed by atoms with Crippen LogP contribution in [-0.4, -0.2) is 28.7 Å². The molecule has 0 nitrogen and oxygen atoms in total. The van der Waals surface area contributed by atoms with Crippen molar-refractivity contribution >= 4 is 46.3 Å². The summed E-state index contributed by atoms with van der Waals surface area (Å²) in [6.45, 7) is 90.2. The molecule has 0 N–H and O–H groups in total. The fraction of sp³-hybridized carbons (Fsp3) is 0.671. The molecule has 75 heavy (non-hydrogen) atoms. The van der Waals surface area contributed by atoms with Crippen LogP contribution in [0.25, 0.3) is 0 Å². The quantitative estimate of drug-likeness (QED) is 0.169. The number of hydrogen-bond donors (Lipinski definition) is 0. The molecule has 0 heterocycles. The molecule has 0 aliphatic rings. The van der Waals surface area contributed by atoms with E-state index in [1.165, 1.54) is 26.3 Å². The van der Waals surface area contributed by atoms with Gasteiger partial charge in [-0.1, -0.05) is 0 Å². The van der Waals surface area contributed by atoms with Crippen LogP contribution in [0.3, 0.4) is 0 Å². The minimum absolute atomic E-state index is 0.00470. The molecule has 0 bridgehead atoms. The molecule has 4 aromatic carbocycles. The van der Waals surface area contributed by atoms with Gasteiger partial charge in [-0.15, -0.1) is 0 Å². The first kappa shape index (κ1) is 65.5. The van der Waals surface area contributed by atoms with E-state index in [2.05, 4.69) is 298 Å². The third kappa shape index (κ3) is 14.9. The van der Waals surface area contributed by atoms with Gasteiger partial charge in [0.05, 0.1) is 0 Å². The van der Waals surface area contributed by atoms with Crippen molar-refractivity contribution < 1.29 is 0 Å². The van der Waals surface area contributed by atoms with Crippen molar-refractivity contribution in [3.8, 4) is 0 Å². The second-order valence-corrected chi connectivity index (χ2v) is 48.7. The Bertz CT molecular complexity index is 2180. The second kappa shape index (κ2) is 20.5. The van der Waals surface area contributed by atoms with E-state index in [1.54, 1.807) is 62.1 Å². The Morgan fingerprint density at radius 3 is 0.373 bits per heavy atom. The molecule has 0 amide bonds. The van der Waals surface area contributed by atoms with E-state index >= 15 is 0 Å². The molecule has 0 spiro atoms. The second-order valence-electron chi connectivity index (χ2n) is 35.9. The number of benzene rings is 4. The van der Waals surface area contributed by atoms with Crippen molar-refractivity contribution in [2.75, 3.05) is 0 Å². The van der Waals surface area contributed by atoms with Crippen LogP contribution in [-0.2, 0) is 65.0 Å². The molecule has 4 aromatic rings. The Morgan fingerprint density at radius 1 is 0.187 bits per heavy atom. The molecule has 0 atom stereocenters. The molecule has 4 rings (SSSR count). The minimum atomic E-state index is -2.86. The van der Waals surface area contributed by atoms with E-state index in [0.29, 0.717) is 0 Å². The zero-order chi connectivity index (χ0) is 58.8. The first-order chi connectivity index (χ1) is 32.8. The summed E-state index contributed by atoms with van der Waals surface area (Å²) in [5.41, 5.74) is 17.9. The average Bonchev–Trinajstić information content (AvgIpc) is 3.15. The van der Waals surface area contributed by atoms with Gasteiger partial charge in [0.2, 0.25) is 0 Å². The normalized spacial score (nSPS) is 14.7. The predicted octanol–water partition coefficient (Wildman–Crippen LogP) is 18.7. The molecule has 2 radical (unpaired) electrons. The first-order valence-electron chi connectivity index (χ1n) is 29.3. The SMILES string of the molecule is CC(C)(C)c1cc(C(C)(C)C)[c]([Ge]([CH2][Ge]([c]2c(C(C)(C)C)cc(C(C)(C)C)cc2C(C)(C)C)[c]2c(C(C)(C)C)cc(C(C)(C)C)cc2C(C)(C)C)[c]2c(C(C)(C)C)cc(C(C)(C)C)cc2C(C)(C)C)c(C(C)(C)C)c1. The molecule has 418 valence electrons. The predicted molar refractivity (Wildman–Crippen MR) is 345 cm³/mol. The fourth-order valence-electron chi connectivity index (χ4n) is 11.1. The van der Waals surface area contributed by atoms with Crippen LogP contribution in [0.4, 0.5) is 0 Å². The summed E-state index contributed by atoms with van der Waals surface area (Å²) in [6.07, 6.45) is 0. The molecule has 0 unspecified atom stereocenters. The third-order valence-corrected chi connectivity index (χ3v) is 34.8. The first-order valence-corrected chi connectivity index (χ1v) is 36.5. The third-order valence-electron chi connectivity index (χ3n) is 16.0. The number of rotatable bonds is 6. The zero-order valence-corrected chi connectivity index (χ0v) is 60.5. The van der Waals surface area contributed by atoms with Gasteiger partial charge in [0.1, 0.15) is 0 Å². The van der Waals surface area contributed by atoms with Gasteiger partial charge in [-0.25, -0.2) is 0 Å². The fourth-order valence-corrected chi connectivity index (χ4v) is 38.9. The van der Waals surface area contributed by atoms with Crippen LogP contribution < -0.4 is 17.6 Å². The Labute approximate surface area is 476 Å². The van der Waals surface area contributed by atoms with Crippen molar-refractivity contribution in [1.29, 1.82) is 0 Å². The van der Waals surface area contributed by atoms with Crippen LogP contribution in [0.5, 0.6) is 0 Å². The van der Waals surface area contributed by atoms with Crippen molar-refractivity contribution in [3.63, 3.8) is 0 Å². The van der Waals surface area contributed by atoms with Gasteiger partial charge in [0, 0.05) is 0 Å². The summed E-state index contributed by atoms with van der Waals surface area (Å²) >= 11 is -5.73. The van der Waals surface area contributed by atoms with Crippen LogP contribution in [0, 0.1) is 0 Å². The van der Waals surface area contributed by atoms with Crippen molar-refractivity contribution in [2.24, 2.45) is 0 Å².